The summed E-state index contributed by atoms with van der Waals surface area (Å²) < 4.78 is 0. The van der Waals surface area contributed by atoms with Crippen LogP contribution in [0.4, 0.5) is 0 Å². The molecule has 0 N–H and O–H groups in total. The van der Waals surface area contributed by atoms with Crippen molar-refractivity contribution in [2.24, 2.45) is 40.9 Å². The van der Waals surface area contributed by atoms with Gasteiger partial charge in [0.1, 0.15) is 0 Å². The van der Waals surface area contributed by atoms with Gasteiger partial charge in [0.15, 0.2) is 0 Å². The zero-order valence-electron chi connectivity index (χ0n) is 12.1. The van der Waals surface area contributed by atoms with E-state index in [1.54, 1.807) is 0 Å². The summed E-state index contributed by atoms with van der Waals surface area (Å²) >= 11 is 0. The van der Waals surface area contributed by atoms with Crippen LogP contribution in [0.2, 0.25) is 0 Å². The zero-order chi connectivity index (χ0) is 12.1. The van der Waals surface area contributed by atoms with Crippen LogP contribution in [0.3, 0.4) is 0 Å². The highest BCUT2D eigenvalue weighted by Gasteiger charge is 2.63. The van der Waals surface area contributed by atoms with E-state index in [0.717, 1.165) is 40.9 Å². The van der Waals surface area contributed by atoms with Gasteiger partial charge in [-0.1, -0.05) is 41.5 Å². The Morgan fingerprint density at radius 1 is 1.12 bits per heavy atom. The molecule has 0 spiro atoms. The molecular weight excluding hydrogens is 192 g/mol. The molecule has 0 nitrogen and oxygen atoms in total. The third-order valence-corrected chi connectivity index (χ3v) is 6.16. The van der Waals surface area contributed by atoms with Gasteiger partial charge in [0.25, 0.3) is 0 Å². The van der Waals surface area contributed by atoms with Crippen LogP contribution in [0, 0.1) is 40.9 Å². The first-order valence-corrected chi connectivity index (χ1v) is 7.44. The maximum Gasteiger partial charge on any atom is -0.0233 e. The molecule has 0 aromatic rings. The minimum Gasteiger partial charge on any atom is -0.0648 e. The summed E-state index contributed by atoms with van der Waals surface area (Å²) in [6.07, 6.45) is 4.44. The van der Waals surface area contributed by atoms with Crippen molar-refractivity contribution in [1.82, 2.24) is 0 Å². The van der Waals surface area contributed by atoms with E-state index in [1.807, 2.05) is 0 Å². The monoisotopic (exact) mass is 222 g/mol. The van der Waals surface area contributed by atoms with Crippen molar-refractivity contribution in [1.29, 1.82) is 0 Å². The Morgan fingerprint density at radius 3 is 2.06 bits per heavy atom. The van der Waals surface area contributed by atoms with Crippen LogP contribution in [-0.2, 0) is 0 Å². The first-order chi connectivity index (χ1) is 7.44. The molecule has 0 heterocycles. The van der Waals surface area contributed by atoms with Gasteiger partial charge in [-0.05, 0) is 60.2 Å². The summed E-state index contributed by atoms with van der Waals surface area (Å²) in [5.41, 5.74) is 0.751. The Balaban J connectivity index is 2.07. The van der Waals surface area contributed by atoms with Gasteiger partial charge in [-0.2, -0.15) is 0 Å². The summed E-state index contributed by atoms with van der Waals surface area (Å²) in [4.78, 5) is 0. The lowest BCUT2D eigenvalue weighted by molar-refractivity contribution is 0.0105. The van der Waals surface area contributed by atoms with Gasteiger partial charge in [0, 0.05) is 0 Å². The smallest absolute Gasteiger partial charge is 0.0233 e. The molecule has 0 radical (unpaired) electrons. The zero-order valence-corrected chi connectivity index (χ0v) is 12.1. The number of hydrogen-bond acceptors (Lipinski definition) is 0. The topological polar surface area (TPSA) is 0 Å². The van der Waals surface area contributed by atoms with Gasteiger partial charge in [-0.3, -0.25) is 0 Å². The van der Waals surface area contributed by atoms with Crippen molar-refractivity contribution in [2.45, 2.75) is 60.8 Å². The van der Waals surface area contributed by atoms with Gasteiger partial charge in [0.05, 0.1) is 0 Å². The van der Waals surface area contributed by atoms with Crippen molar-refractivity contribution >= 4 is 0 Å². The standard InChI is InChI=1S/C16H30/c1-7-16(15-11(4)8-12(15)5)9-14(16)13(6)10(2)3/h10-15H,7-9H2,1-6H3. The van der Waals surface area contributed by atoms with E-state index in [2.05, 4.69) is 41.5 Å². The molecule has 2 fully saturated rings. The van der Waals surface area contributed by atoms with E-state index in [0.29, 0.717) is 0 Å². The number of hydrogen-bond donors (Lipinski definition) is 0. The first kappa shape index (κ1) is 12.5. The Hall–Kier alpha value is 0. The van der Waals surface area contributed by atoms with Crippen LogP contribution in [0.25, 0.3) is 0 Å². The molecule has 94 valence electrons. The van der Waals surface area contributed by atoms with Crippen LogP contribution < -0.4 is 0 Å². The van der Waals surface area contributed by atoms with Gasteiger partial charge >= 0.3 is 0 Å². The minimum atomic E-state index is 0.751. The van der Waals surface area contributed by atoms with E-state index in [9.17, 15) is 0 Å². The maximum absolute atomic E-state index is 2.49. The highest BCUT2D eigenvalue weighted by molar-refractivity contribution is 5.12. The SMILES string of the molecule is CCC1(C2C(C)CC2C)CC1C(C)C(C)C. The van der Waals surface area contributed by atoms with E-state index >= 15 is 0 Å². The van der Waals surface area contributed by atoms with Crippen LogP contribution in [0.15, 0.2) is 0 Å². The molecule has 0 amide bonds. The molecule has 0 heteroatoms. The molecule has 0 saturated heterocycles. The lowest BCUT2D eigenvalue weighted by atomic mass is 9.57. The molecule has 2 saturated carbocycles. The molecule has 0 aromatic heterocycles. The predicted octanol–water partition coefficient (Wildman–Crippen LogP) is 4.99. The van der Waals surface area contributed by atoms with Crippen LogP contribution in [0.5, 0.6) is 0 Å². The second-order valence-corrected chi connectivity index (χ2v) is 7.22. The fourth-order valence-corrected chi connectivity index (χ4v) is 4.93. The Bertz CT molecular complexity index is 247. The molecule has 5 atom stereocenters. The van der Waals surface area contributed by atoms with Gasteiger partial charge in [0.2, 0.25) is 0 Å². The molecule has 2 rings (SSSR count). The summed E-state index contributed by atoms with van der Waals surface area (Å²) in [5.74, 6) is 5.87. The quantitative estimate of drug-likeness (QED) is 0.629. The summed E-state index contributed by atoms with van der Waals surface area (Å²) in [6, 6.07) is 0. The second kappa shape index (κ2) is 4.03. The predicted molar refractivity (Wildman–Crippen MR) is 71.3 cm³/mol. The van der Waals surface area contributed by atoms with Gasteiger partial charge < -0.3 is 0 Å². The minimum absolute atomic E-state index is 0.751. The molecule has 2 aliphatic rings. The van der Waals surface area contributed by atoms with Crippen LogP contribution in [0.1, 0.15) is 60.8 Å². The number of rotatable bonds is 4. The largest absolute Gasteiger partial charge is 0.0648 e. The van der Waals surface area contributed by atoms with E-state index in [-0.39, 0.29) is 0 Å². The lowest BCUT2D eigenvalue weighted by Crippen LogP contribution is -2.41. The molecule has 0 aromatic carbocycles. The van der Waals surface area contributed by atoms with Crippen LogP contribution in [-0.4, -0.2) is 0 Å². The normalized spacial score (nSPS) is 48.9. The van der Waals surface area contributed by atoms with Crippen LogP contribution >= 0.6 is 0 Å². The Labute approximate surface area is 102 Å². The Morgan fingerprint density at radius 2 is 1.69 bits per heavy atom. The Kier molecular flexibility index (Phi) is 3.14. The molecule has 16 heavy (non-hydrogen) atoms. The molecule has 2 aliphatic carbocycles. The summed E-state index contributed by atoms with van der Waals surface area (Å²) in [5, 5.41) is 0. The average molecular weight is 222 g/mol. The first-order valence-electron chi connectivity index (χ1n) is 7.44. The van der Waals surface area contributed by atoms with E-state index < -0.39 is 0 Å². The maximum atomic E-state index is 2.49. The molecule has 5 unspecified atom stereocenters. The highest BCUT2D eigenvalue weighted by atomic mass is 14.7. The van der Waals surface area contributed by atoms with Crippen molar-refractivity contribution in [3.8, 4) is 0 Å². The second-order valence-electron chi connectivity index (χ2n) is 7.22. The molecule has 0 aliphatic heterocycles. The van der Waals surface area contributed by atoms with E-state index in [1.165, 1.54) is 19.3 Å². The summed E-state index contributed by atoms with van der Waals surface area (Å²) in [6.45, 7) is 14.7. The molecular formula is C16H30. The van der Waals surface area contributed by atoms with E-state index in [4.69, 9.17) is 0 Å². The van der Waals surface area contributed by atoms with Crippen molar-refractivity contribution < 1.29 is 0 Å². The van der Waals surface area contributed by atoms with Crippen molar-refractivity contribution in [3.63, 3.8) is 0 Å². The third-order valence-electron chi connectivity index (χ3n) is 6.16. The van der Waals surface area contributed by atoms with Crippen molar-refractivity contribution in [3.05, 3.63) is 0 Å². The third kappa shape index (κ3) is 1.64. The summed E-state index contributed by atoms with van der Waals surface area (Å²) in [7, 11) is 0. The highest BCUT2D eigenvalue weighted by Crippen LogP contribution is 2.70. The fraction of sp³-hybridized carbons (Fsp3) is 1.00. The lowest BCUT2D eigenvalue weighted by Gasteiger charge is -2.48. The van der Waals surface area contributed by atoms with Crippen molar-refractivity contribution in [2.75, 3.05) is 0 Å². The van der Waals surface area contributed by atoms with Gasteiger partial charge in [-0.15, -0.1) is 0 Å². The molecule has 0 bridgehead atoms. The fourth-order valence-electron chi connectivity index (χ4n) is 4.93. The van der Waals surface area contributed by atoms with Gasteiger partial charge in [-0.25, -0.2) is 0 Å². The average Bonchev–Trinajstić information content (AvgIpc) is 2.91.